The van der Waals surface area contributed by atoms with Gasteiger partial charge in [-0.1, -0.05) is 24.0 Å². The van der Waals surface area contributed by atoms with Crippen LogP contribution in [-0.2, 0) is 21.9 Å². The molecule has 1 aromatic carbocycles. The van der Waals surface area contributed by atoms with Crippen LogP contribution in [0.5, 0.6) is 0 Å². The number of nitrogens with two attached hydrogens (primary N) is 1. The highest BCUT2D eigenvalue weighted by molar-refractivity contribution is 7.46. The Bertz CT molecular complexity index is 882. The van der Waals surface area contributed by atoms with Gasteiger partial charge in [0, 0.05) is 16.8 Å². The Kier molecular flexibility index (Phi) is 8.38. The number of unbranched alkanes of at least 4 members (excludes halogenated alkanes) is 1. The molecule has 2 rings (SSSR count). The lowest BCUT2D eigenvalue weighted by atomic mass is 9.98. The maximum absolute atomic E-state index is 13.1. The largest absolute Gasteiger partial charge is 0.469 e. The molecule has 0 amide bonds. The van der Waals surface area contributed by atoms with E-state index < -0.39 is 13.4 Å². The van der Waals surface area contributed by atoms with Crippen molar-refractivity contribution >= 4 is 19.2 Å². The van der Waals surface area contributed by atoms with Crippen molar-refractivity contribution in [3.8, 4) is 11.8 Å². The second-order valence-electron chi connectivity index (χ2n) is 6.97. The van der Waals surface area contributed by atoms with Crippen LogP contribution in [0.1, 0.15) is 41.5 Å². The zero-order valence-corrected chi connectivity index (χ0v) is 17.4. The molecule has 28 heavy (non-hydrogen) atoms. The van der Waals surface area contributed by atoms with E-state index in [1.165, 1.54) is 6.07 Å². The van der Waals surface area contributed by atoms with Crippen molar-refractivity contribution < 1.29 is 23.3 Å². The molecule has 0 saturated carbocycles. The van der Waals surface area contributed by atoms with Crippen LogP contribution in [0, 0.1) is 17.7 Å². The Balaban J connectivity index is 1.75. The fourth-order valence-corrected chi connectivity index (χ4v) is 3.86. The average Bonchev–Trinajstić information content (AvgIpc) is 3.06. The second kappa shape index (κ2) is 10.3. The minimum absolute atomic E-state index is 0.208. The van der Waals surface area contributed by atoms with E-state index in [-0.39, 0.29) is 12.4 Å². The van der Waals surface area contributed by atoms with Gasteiger partial charge in [0.25, 0.3) is 0 Å². The fraction of sp³-hybridized carbons (Fsp3) is 0.400. The molecule has 1 heterocycles. The van der Waals surface area contributed by atoms with Gasteiger partial charge in [0.2, 0.25) is 0 Å². The summed E-state index contributed by atoms with van der Waals surface area (Å²) in [5, 5.41) is 0. The number of aryl methyl sites for hydroxylation is 2. The molecule has 0 bridgehead atoms. The minimum Gasteiger partial charge on any atom is -0.323 e. The molecule has 4 N–H and O–H groups in total. The molecule has 1 atom stereocenters. The first kappa shape index (κ1) is 22.8. The lowest BCUT2D eigenvalue weighted by molar-refractivity contribution is 0.154. The first-order valence-corrected chi connectivity index (χ1v) is 11.3. The summed E-state index contributed by atoms with van der Waals surface area (Å²) < 4.78 is 28.4. The Labute approximate surface area is 169 Å². The average molecular weight is 425 g/mol. The van der Waals surface area contributed by atoms with Gasteiger partial charge in [-0.05, 0) is 62.4 Å². The normalized spacial score (nSPS) is 13.6. The van der Waals surface area contributed by atoms with Crippen molar-refractivity contribution in [2.75, 3.05) is 6.61 Å². The summed E-state index contributed by atoms with van der Waals surface area (Å²) in [5.74, 6) is 6.07. The summed E-state index contributed by atoms with van der Waals surface area (Å²) in [5.41, 5.74) is 6.19. The van der Waals surface area contributed by atoms with Crippen LogP contribution in [0.15, 0.2) is 36.4 Å². The summed E-state index contributed by atoms with van der Waals surface area (Å²) in [4.78, 5) is 19.6. The first-order chi connectivity index (χ1) is 13.1. The van der Waals surface area contributed by atoms with E-state index >= 15 is 0 Å². The van der Waals surface area contributed by atoms with Gasteiger partial charge < -0.3 is 15.5 Å². The molecule has 0 saturated heterocycles. The molecular weight excluding hydrogens is 400 g/mol. The van der Waals surface area contributed by atoms with Crippen LogP contribution in [0.3, 0.4) is 0 Å². The number of rotatable bonds is 9. The van der Waals surface area contributed by atoms with Crippen LogP contribution in [0.2, 0.25) is 0 Å². The lowest BCUT2D eigenvalue weighted by Crippen LogP contribution is -2.41. The third kappa shape index (κ3) is 9.11. The van der Waals surface area contributed by atoms with Crippen molar-refractivity contribution in [3.63, 3.8) is 0 Å². The van der Waals surface area contributed by atoms with E-state index in [1.807, 2.05) is 18.2 Å². The van der Waals surface area contributed by atoms with E-state index in [4.69, 9.17) is 15.5 Å². The topological polar surface area (TPSA) is 92.8 Å². The Morgan fingerprint density at radius 1 is 1.29 bits per heavy atom. The molecule has 1 unspecified atom stereocenters. The maximum atomic E-state index is 13.1. The smallest absolute Gasteiger partial charge is 0.323 e. The van der Waals surface area contributed by atoms with Gasteiger partial charge >= 0.3 is 7.82 Å². The molecule has 0 aliphatic carbocycles. The van der Waals surface area contributed by atoms with Gasteiger partial charge in [0.15, 0.2) is 0 Å². The molecule has 0 spiro atoms. The lowest BCUT2D eigenvalue weighted by Gasteiger charge is -2.24. The summed E-state index contributed by atoms with van der Waals surface area (Å²) in [6.45, 7) is 1.50. The van der Waals surface area contributed by atoms with E-state index in [2.05, 4.69) is 16.4 Å². The molecule has 1 aromatic heterocycles. The molecule has 8 heteroatoms. The van der Waals surface area contributed by atoms with Gasteiger partial charge in [-0.15, -0.1) is 11.3 Å². The SMILES string of the molecule is CC(N)(CCc1ccc(C#CCCCc2cccc(F)c2)s1)COP(=O)(O)O. The predicted molar refractivity (Wildman–Crippen MR) is 109 cm³/mol. The van der Waals surface area contributed by atoms with E-state index in [0.29, 0.717) is 12.8 Å². The molecule has 0 aliphatic heterocycles. The predicted octanol–water partition coefficient (Wildman–Crippen LogP) is 4.02. The van der Waals surface area contributed by atoms with E-state index in [1.54, 1.807) is 30.4 Å². The maximum Gasteiger partial charge on any atom is 0.469 e. The number of hydrogen-bond acceptors (Lipinski definition) is 4. The van der Waals surface area contributed by atoms with Gasteiger partial charge in [-0.2, -0.15) is 0 Å². The standard InChI is InChI=1S/C20H25FNO4PS/c1-20(22,15-26-27(23,24)25)13-12-19-11-10-18(28-19)9-4-2-3-6-16-7-5-8-17(21)14-16/h5,7-8,10-11,14H,2-3,6,12-13,15,22H2,1H3,(H2,23,24,25). The number of thiophene rings is 1. The first-order valence-electron chi connectivity index (χ1n) is 8.94. The van der Waals surface area contributed by atoms with Crippen molar-refractivity contribution in [2.24, 2.45) is 5.73 Å². The monoisotopic (exact) mass is 425 g/mol. The summed E-state index contributed by atoms with van der Waals surface area (Å²) in [6, 6.07) is 10.6. The molecule has 0 radical (unpaired) electrons. The van der Waals surface area contributed by atoms with E-state index in [0.717, 1.165) is 34.6 Å². The zero-order chi connectivity index (χ0) is 20.6. The highest BCUT2D eigenvalue weighted by Crippen LogP contribution is 2.37. The summed E-state index contributed by atoms with van der Waals surface area (Å²) >= 11 is 1.58. The third-order valence-corrected chi connectivity index (χ3v) is 5.56. The minimum atomic E-state index is -4.51. The molecular formula is C20H25FNO4PS. The third-order valence-electron chi connectivity index (χ3n) is 4.03. The molecule has 2 aromatic rings. The molecule has 0 fully saturated rings. The summed E-state index contributed by atoms with van der Waals surface area (Å²) in [7, 11) is -4.51. The van der Waals surface area contributed by atoms with Gasteiger partial charge in [-0.25, -0.2) is 8.96 Å². The van der Waals surface area contributed by atoms with Crippen LogP contribution in [0.4, 0.5) is 4.39 Å². The second-order valence-corrected chi connectivity index (χ2v) is 9.38. The van der Waals surface area contributed by atoms with Crippen LogP contribution in [0.25, 0.3) is 0 Å². The quantitative estimate of drug-likeness (QED) is 0.321. The molecule has 0 aliphatic rings. The van der Waals surface area contributed by atoms with Crippen molar-refractivity contribution in [3.05, 3.63) is 57.5 Å². The van der Waals surface area contributed by atoms with Gasteiger partial charge in [-0.3, -0.25) is 4.52 Å². The van der Waals surface area contributed by atoms with Crippen LogP contribution >= 0.6 is 19.2 Å². The van der Waals surface area contributed by atoms with Crippen molar-refractivity contribution in [1.82, 2.24) is 0 Å². The molecule has 5 nitrogen and oxygen atoms in total. The van der Waals surface area contributed by atoms with Gasteiger partial charge in [0.05, 0.1) is 11.5 Å². The number of hydrogen-bond donors (Lipinski definition) is 3. The number of benzene rings is 1. The Morgan fingerprint density at radius 3 is 2.79 bits per heavy atom. The number of phosphoric acid groups is 1. The van der Waals surface area contributed by atoms with Crippen molar-refractivity contribution in [1.29, 1.82) is 0 Å². The Morgan fingerprint density at radius 2 is 2.07 bits per heavy atom. The fourth-order valence-electron chi connectivity index (χ4n) is 2.51. The van der Waals surface area contributed by atoms with E-state index in [9.17, 15) is 8.96 Å². The highest BCUT2D eigenvalue weighted by atomic mass is 32.1. The summed E-state index contributed by atoms with van der Waals surface area (Å²) in [6.07, 6.45) is 3.63. The van der Waals surface area contributed by atoms with Crippen LogP contribution in [-0.4, -0.2) is 21.9 Å². The number of phosphoric ester groups is 1. The highest BCUT2D eigenvalue weighted by Gasteiger charge is 2.24. The Hall–Kier alpha value is -1.52. The van der Waals surface area contributed by atoms with Gasteiger partial charge in [0.1, 0.15) is 5.82 Å². The molecule has 152 valence electrons. The zero-order valence-electron chi connectivity index (χ0n) is 15.7. The van der Waals surface area contributed by atoms with Crippen molar-refractivity contribution in [2.45, 2.75) is 44.6 Å². The number of halogens is 1. The van der Waals surface area contributed by atoms with Crippen LogP contribution < -0.4 is 5.73 Å².